The maximum absolute atomic E-state index is 3.63. The zero-order chi connectivity index (χ0) is 6.53. The largest absolute Gasteiger partial charge is 0.356 e. The lowest BCUT2D eigenvalue weighted by molar-refractivity contribution is 1.21. The Morgan fingerprint density at radius 2 is 2.67 bits per heavy atom. The molecule has 0 radical (unpaired) electrons. The highest BCUT2D eigenvalue weighted by molar-refractivity contribution is 7.99. The molecule has 0 bridgehead atoms. The van der Waals surface area contributed by atoms with Crippen molar-refractivity contribution in [2.75, 3.05) is 5.75 Å². The molecule has 1 N–H and O–H groups in total. The van der Waals surface area contributed by atoms with E-state index in [0.29, 0.717) is 0 Å². The molecule has 0 unspecified atom stereocenters. The van der Waals surface area contributed by atoms with Gasteiger partial charge in [0.25, 0.3) is 0 Å². The van der Waals surface area contributed by atoms with Gasteiger partial charge in [0.15, 0.2) is 0 Å². The van der Waals surface area contributed by atoms with Crippen LogP contribution in [0.15, 0.2) is 36.0 Å². The Labute approximate surface area is 59.2 Å². The number of rotatable bonds is 3. The minimum Gasteiger partial charge on any atom is -0.356 e. The summed E-state index contributed by atoms with van der Waals surface area (Å²) in [7, 11) is 0. The Morgan fingerprint density at radius 3 is 3.22 bits per heavy atom. The number of nitrogens with one attached hydrogen (secondary N) is 1. The van der Waals surface area contributed by atoms with Crippen molar-refractivity contribution in [1.82, 2.24) is 4.98 Å². The molecule has 1 heterocycles. The van der Waals surface area contributed by atoms with Gasteiger partial charge in [0.1, 0.15) is 0 Å². The van der Waals surface area contributed by atoms with E-state index in [1.165, 1.54) is 5.03 Å². The summed E-state index contributed by atoms with van der Waals surface area (Å²) in [5.74, 6) is 0.973. The van der Waals surface area contributed by atoms with E-state index in [1.54, 1.807) is 11.8 Å². The van der Waals surface area contributed by atoms with E-state index < -0.39 is 0 Å². The molecule has 0 saturated carbocycles. The first-order valence-corrected chi connectivity index (χ1v) is 3.79. The van der Waals surface area contributed by atoms with E-state index in [9.17, 15) is 0 Å². The molecule has 0 aliphatic rings. The van der Waals surface area contributed by atoms with E-state index in [-0.39, 0.29) is 0 Å². The SMILES string of the molecule is C=CCSc1ccc[nH]1. The van der Waals surface area contributed by atoms with E-state index in [0.717, 1.165) is 5.75 Å². The fraction of sp³-hybridized carbons (Fsp3) is 0.143. The zero-order valence-corrected chi connectivity index (χ0v) is 5.95. The second kappa shape index (κ2) is 3.41. The van der Waals surface area contributed by atoms with Gasteiger partial charge in [-0.05, 0) is 12.1 Å². The number of H-pyrrole nitrogens is 1. The van der Waals surface area contributed by atoms with Crippen molar-refractivity contribution >= 4 is 11.8 Å². The number of hydrogen-bond donors (Lipinski definition) is 1. The zero-order valence-electron chi connectivity index (χ0n) is 5.13. The molecule has 0 spiro atoms. The standard InChI is InChI=1S/C7H9NS/c1-2-6-9-7-4-3-5-8-7/h2-5,8H,1,6H2. The summed E-state index contributed by atoms with van der Waals surface area (Å²) >= 11 is 1.75. The van der Waals surface area contributed by atoms with Crippen molar-refractivity contribution < 1.29 is 0 Å². The Bertz CT molecular complexity index is 167. The Morgan fingerprint density at radius 1 is 1.78 bits per heavy atom. The van der Waals surface area contributed by atoms with E-state index in [1.807, 2.05) is 24.4 Å². The van der Waals surface area contributed by atoms with Crippen LogP contribution in [-0.4, -0.2) is 10.7 Å². The highest BCUT2D eigenvalue weighted by atomic mass is 32.2. The van der Waals surface area contributed by atoms with Crippen LogP contribution in [0.2, 0.25) is 0 Å². The molecule has 0 aromatic carbocycles. The van der Waals surface area contributed by atoms with Crippen molar-refractivity contribution in [3.63, 3.8) is 0 Å². The van der Waals surface area contributed by atoms with Crippen LogP contribution in [0.25, 0.3) is 0 Å². The van der Waals surface area contributed by atoms with E-state index >= 15 is 0 Å². The minimum absolute atomic E-state index is 0.973. The molecule has 2 heteroatoms. The van der Waals surface area contributed by atoms with Crippen LogP contribution in [0.4, 0.5) is 0 Å². The number of aromatic nitrogens is 1. The smallest absolute Gasteiger partial charge is 0.0724 e. The highest BCUT2D eigenvalue weighted by Gasteiger charge is 1.87. The van der Waals surface area contributed by atoms with Gasteiger partial charge in [-0.1, -0.05) is 6.08 Å². The van der Waals surface area contributed by atoms with E-state index in [2.05, 4.69) is 11.6 Å². The van der Waals surface area contributed by atoms with Crippen molar-refractivity contribution in [3.8, 4) is 0 Å². The first-order valence-electron chi connectivity index (χ1n) is 2.80. The first-order chi connectivity index (χ1) is 4.43. The maximum atomic E-state index is 3.63. The van der Waals surface area contributed by atoms with Gasteiger partial charge in [-0.3, -0.25) is 0 Å². The second-order valence-electron chi connectivity index (χ2n) is 1.63. The van der Waals surface area contributed by atoms with Crippen LogP contribution in [0.3, 0.4) is 0 Å². The third-order valence-corrected chi connectivity index (χ3v) is 1.89. The Hall–Kier alpha value is -0.630. The van der Waals surface area contributed by atoms with E-state index in [4.69, 9.17) is 0 Å². The Kier molecular flexibility index (Phi) is 2.46. The summed E-state index contributed by atoms with van der Waals surface area (Å²) < 4.78 is 0. The fourth-order valence-corrected chi connectivity index (χ4v) is 1.18. The fourth-order valence-electron chi connectivity index (χ4n) is 0.552. The van der Waals surface area contributed by atoms with Gasteiger partial charge in [-0.15, -0.1) is 18.3 Å². The summed E-state index contributed by atoms with van der Waals surface area (Å²) in [6.45, 7) is 3.63. The van der Waals surface area contributed by atoms with Crippen LogP contribution in [0.5, 0.6) is 0 Å². The number of hydrogen-bond acceptors (Lipinski definition) is 1. The first kappa shape index (κ1) is 6.49. The summed E-state index contributed by atoms with van der Waals surface area (Å²) in [4.78, 5) is 3.09. The molecule has 1 rings (SSSR count). The van der Waals surface area contributed by atoms with Gasteiger partial charge < -0.3 is 4.98 Å². The molecule has 1 aromatic heterocycles. The molecule has 1 nitrogen and oxygen atoms in total. The summed E-state index contributed by atoms with van der Waals surface area (Å²) in [6, 6.07) is 4.04. The maximum Gasteiger partial charge on any atom is 0.0724 e. The predicted octanol–water partition coefficient (Wildman–Crippen LogP) is 2.29. The summed E-state index contributed by atoms with van der Waals surface area (Å²) in [5, 5.41) is 1.20. The molecule has 0 fully saturated rings. The lowest BCUT2D eigenvalue weighted by Gasteiger charge is -1.89. The van der Waals surface area contributed by atoms with Crippen LogP contribution < -0.4 is 0 Å². The monoisotopic (exact) mass is 139 g/mol. The molecule has 0 amide bonds. The lowest BCUT2D eigenvalue weighted by atomic mass is 10.7. The molecular formula is C7H9NS. The highest BCUT2D eigenvalue weighted by Crippen LogP contribution is 2.13. The second-order valence-corrected chi connectivity index (χ2v) is 2.70. The number of thioether (sulfide) groups is 1. The van der Waals surface area contributed by atoms with Crippen molar-refractivity contribution in [2.24, 2.45) is 0 Å². The lowest BCUT2D eigenvalue weighted by Crippen LogP contribution is -1.69. The Balaban J connectivity index is 2.38. The van der Waals surface area contributed by atoms with Crippen LogP contribution in [-0.2, 0) is 0 Å². The molecule has 0 aliphatic heterocycles. The topological polar surface area (TPSA) is 15.8 Å². The third kappa shape index (κ3) is 1.98. The van der Waals surface area contributed by atoms with Gasteiger partial charge in [0, 0.05) is 11.9 Å². The van der Waals surface area contributed by atoms with Gasteiger partial charge in [0.05, 0.1) is 5.03 Å². The quantitative estimate of drug-likeness (QED) is 0.502. The van der Waals surface area contributed by atoms with Gasteiger partial charge >= 0.3 is 0 Å². The molecule has 0 atom stereocenters. The molecule has 1 aromatic rings. The summed E-state index contributed by atoms with van der Waals surface area (Å²) in [5.41, 5.74) is 0. The van der Waals surface area contributed by atoms with Crippen molar-refractivity contribution in [2.45, 2.75) is 5.03 Å². The van der Waals surface area contributed by atoms with Crippen LogP contribution in [0.1, 0.15) is 0 Å². The number of aromatic amines is 1. The molecule has 0 saturated heterocycles. The minimum atomic E-state index is 0.973. The average Bonchev–Trinajstić information content (AvgIpc) is 2.34. The molecule has 0 aliphatic carbocycles. The molecule has 48 valence electrons. The predicted molar refractivity (Wildman–Crippen MR) is 41.7 cm³/mol. The van der Waals surface area contributed by atoms with Gasteiger partial charge in [-0.25, -0.2) is 0 Å². The van der Waals surface area contributed by atoms with Gasteiger partial charge in [0.2, 0.25) is 0 Å². The van der Waals surface area contributed by atoms with Crippen molar-refractivity contribution in [1.29, 1.82) is 0 Å². The van der Waals surface area contributed by atoms with Crippen LogP contribution >= 0.6 is 11.8 Å². The third-order valence-electron chi connectivity index (χ3n) is 0.926. The molecule has 9 heavy (non-hydrogen) atoms. The normalized spacial score (nSPS) is 9.33. The van der Waals surface area contributed by atoms with Crippen LogP contribution in [0, 0.1) is 0 Å². The summed E-state index contributed by atoms with van der Waals surface area (Å²) in [6.07, 6.45) is 3.82. The molecular weight excluding hydrogens is 130 g/mol. The van der Waals surface area contributed by atoms with Gasteiger partial charge in [-0.2, -0.15) is 0 Å². The average molecular weight is 139 g/mol. The van der Waals surface area contributed by atoms with Crippen molar-refractivity contribution in [3.05, 3.63) is 31.0 Å².